The number of carbonyl (C=O) groups excluding carboxylic acids is 1. The molecule has 0 radical (unpaired) electrons. The van der Waals surface area contributed by atoms with Crippen molar-refractivity contribution in [3.05, 3.63) is 78.1 Å². The van der Waals surface area contributed by atoms with E-state index in [-0.39, 0.29) is 5.57 Å². The van der Waals surface area contributed by atoms with Gasteiger partial charge in [0.1, 0.15) is 17.4 Å². The van der Waals surface area contributed by atoms with Crippen LogP contribution in [0.25, 0.3) is 11.8 Å². The predicted molar refractivity (Wildman–Crippen MR) is 120 cm³/mol. The zero-order chi connectivity index (χ0) is 21.5. The van der Waals surface area contributed by atoms with Gasteiger partial charge in [0, 0.05) is 43.0 Å². The number of amides is 1. The van der Waals surface area contributed by atoms with E-state index in [1.54, 1.807) is 30.3 Å². The molecule has 0 atom stereocenters. The molecule has 30 heavy (non-hydrogen) atoms. The number of rotatable bonds is 7. The van der Waals surface area contributed by atoms with Gasteiger partial charge in [-0.2, -0.15) is 5.26 Å². The van der Waals surface area contributed by atoms with Crippen LogP contribution in [-0.4, -0.2) is 31.2 Å². The fourth-order valence-corrected chi connectivity index (χ4v) is 2.95. The van der Waals surface area contributed by atoms with Crippen molar-refractivity contribution in [3.63, 3.8) is 0 Å². The van der Waals surface area contributed by atoms with Crippen LogP contribution in [0.5, 0.6) is 5.75 Å². The van der Waals surface area contributed by atoms with Gasteiger partial charge in [-0.3, -0.25) is 4.79 Å². The molecular weight excluding hydrogens is 376 g/mol. The Hall–Kier alpha value is -3.98. The lowest BCUT2D eigenvalue weighted by Gasteiger charge is -2.14. The molecule has 3 rings (SSSR count). The summed E-state index contributed by atoms with van der Waals surface area (Å²) in [5.41, 5.74) is 3.40. The van der Waals surface area contributed by atoms with Gasteiger partial charge in [0.15, 0.2) is 0 Å². The third kappa shape index (κ3) is 4.89. The van der Waals surface area contributed by atoms with Crippen molar-refractivity contribution >= 4 is 23.4 Å². The smallest absolute Gasteiger partial charge is 0.266 e. The molecule has 0 spiro atoms. The number of carbonyl (C=O) groups is 1. The zero-order valence-electron chi connectivity index (χ0n) is 17.3. The Morgan fingerprint density at radius 3 is 2.43 bits per heavy atom. The van der Waals surface area contributed by atoms with E-state index in [0.29, 0.717) is 12.3 Å². The molecule has 6 nitrogen and oxygen atoms in total. The number of nitriles is 1. The molecule has 1 amide bonds. The number of aromatic nitrogens is 1. The fraction of sp³-hybridized carbons (Fsp3) is 0.167. The summed E-state index contributed by atoms with van der Waals surface area (Å²) in [6.45, 7) is 2.48. The van der Waals surface area contributed by atoms with E-state index in [2.05, 4.69) is 5.32 Å². The quantitative estimate of drug-likeness (QED) is 0.469. The molecule has 0 saturated carbocycles. The van der Waals surface area contributed by atoms with Crippen LogP contribution in [0.1, 0.15) is 12.6 Å². The van der Waals surface area contributed by atoms with Crippen molar-refractivity contribution in [2.75, 3.05) is 30.9 Å². The average Bonchev–Trinajstić information content (AvgIpc) is 3.21. The Bertz CT molecular complexity index is 1070. The summed E-state index contributed by atoms with van der Waals surface area (Å²) in [6, 6.07) is 20.8. The Balaban J connectivity index is 1.80. The van der Waals surface area contributed by atoms with Crippen LogP contribution in [0.2, 0.25) is 0 Å². The predicted octanol–water partition coefficient (Wildman–Crippen LogP) is 4.49. The van der Waals surface area contributed by atoms with E-state index in [0.717, 1.165) is 22.8 Å². The summed E-state index contributed by atoms with van der Waals surface area (Å²) in [7, 11) is 3.97. The molecule has 0 fully saturated rings. The molecule has 2 aromatic carbocycles. The second kappa shape index (κ2) is 9.48. The van der Waals surface area contributed by atoms with Crippen molar-refractivity contribution < 1.29 is 9.53 Å². The molecule has 0 saturated heterocycles. The maximum Gasteiger partial charge on any atom is 0.266 e. The molecule has 0 unspecified atom stereocenters. The minimum absolute atomic E-state index is 0.0220. The maximum absolute atomic E-state index is 12.6. The number of nitrogens with zero attached hydrogens (tertiary/aromatic N) is 3. The average molecular weight is 400 g/mol. The molecule has 6 heteroatoms. The maximum atomic E-state index is 12.6. The fourth-order valence-electron chi connectivity index (χ4n) is 2.95. The van der Waals surface area contributed by atoms with Gasteiger partial charge < -0.3 is 19.5 Å². The van der Waals surface area contributed by atoms with Crippen LogP contribution in [0.15, 0.2) is 72.4 Å². The summed E-state index contributed by atoms with van der Waals surface area (Å²) in [6.07, 6.45) is 3.49. The van der Waals surface area contributed by atoms with Crippen molar-refractivity contribution in [1.82, 2.24) is 4.57 Å². The van der Waals surface area contributed by atoms with Gasteiger partial charge in [0.25, 0.3) is 5.91 Å². The van der Waals surface area contributed by atoms with E-state index < -0.39 is 5.91 Å². The minimum atomic E-state index is -0.461. The first-order valence-electron chi connectivity index (χ1n) is 9.63. The third-order valence-corrected chi connectivity index (χ3v) is 4.51. The second-order valence-electron chi connectivity index (χ2n) is 6.80. The molecule has 1 heterocycles. The number of ether oxygens (including phenoxy) is 1. The summed E-state index contributed by atoms with van der Waals surface area (Å²) in [5, 5.41) is 12.3. The highest BCUT2D eigenvalue weighted by atomic mass is 16.5. The van der Waals surface area contributed by atoms with Gasteiger partial charge in [0.2, 0.25) is 0 Å². The first-order chi connectivity index (χ1) is 14.5. The first kappa shape index (κ1) is 20.7. The number of hydrogen-bond donors (Lipinski definition) is 1. The van der Waals surface area contributed by atoms with Crippen molar-refractivity contribution in [2.45, 2.75) is 6.92 Å². The normalized spacial score (nSPS) is 10.9. The lowest BCUT2D eigenvalue weighted by atomic mass is 10.2. The standard InChI is InChI=1S/C24H24N4O2/c1-4-30-23-13-7-19(8-14-23)26-24(29)18(17-25)16-22-6-5-15-28(22)21-11-9-20(10-12-21)27(2)3/h5-16H,4H2,1-3H3,(H,26,29)/b18-16-. The summed E-state index contributed by atoms with van der Waals surface area (Å²) < 4.78 is 7.33. The molecule has 0 aliphatic carbocycles. The number of hydrogen-bond acceptors (Lipinski definition) is 4. The molecule has 152 valence electrons. The number of anilines is 2. The Morgan fingerprint density at radius 2 is 1.83 bits per heavy atom. The van der Waals surface area contributed by atoms with Gasteiger partial charge in [-0.05, 0) is 73.7 Å². The van der Waals surface area contributed by atoms with Crippen LogP contribution < -0.4 is 15.0 Å². The summed E-state index contributed by atoms with van der Waals surface area (Å²) in [5.74, 6) is 0.266. The molecule has 1 N–H and O–H groups in total. The highest BCUT2D eigenvalue weighted by Crippen LogP contribution is 2.20. The minimum Gasteiger partial charge on any atom is -0.494 e. The SMILES string of the molecule is CCOc1ccc(NC(=O)/C(C#N)=C\c2cccn2-c2ccc(N(C)C)cc2)cc1. The van der Waals surface area contributed by atoms with Gasteiger partial charge in [0.05, 0.1) is 6.61 Å². The lowest BCUT2D eigenvalue weighted by molar-refractivity contribution is -0.112. The van der Waals surface area contributed by atoms with Crippen LogP contribution in [-0.2, 0) is 4.79 Å². The number of benzene rings is 2. The van der Waals surface area contributed by atoms with E-state index in [4.69, 9.17) is 4.74 Å². The lowest BCUT2D eigenvalue weighted by Crippen LogP contribution is -2.13. The summed E-state index contributed by atoms with van der Waals surface area (Å²) >= 11 is 0. The Kier molecular flexibility index (Phi) is 6.56. The van der Waals surface area contributed by atoms with Crippen LogP contribution in [0.3, 0.4) is 0 Å². The van der Waals surface area contributed by atoms with Gasteiger partial charge >= 0.3 is 0 Å². The van der Waals surface area contributed by atoms with Gasteiger partial charge in [-0.1, -0.05) is 0 Å². The molecular formula is C24H24N4O2. The van der Waals surface area contributed by atoms with Crippen LogP contribution in [0, 0.1) is 11.3 Å². The van der Waals surface area contributed by atoms with Crippen molar-refractivity contribution in [1.29, 1.82) is 5.26 Å². The molecule has 1 aromatic heterocycles. The van der Waals surface area contributed by atoms with Crippen molar-refractivity contribution in [2.24, 2.45) is 0 Å². The monoisotopic (exact) mass is 400 g/mol. The molecule has 0 aliphatic heterocycles. The molecule has 3 aromatic rings. The number of nitrogens with one attached hydrogen (secondary N) is 1. The second-order valence-corrected chi connectivity index (χ2v) is 6.80. The Morgan fingerprint density at radius 1 is 1.13 bits per heavy atom. The van der Waals surface area contributed by atoms with Crippen LogP contribution in [0.4, 0.5) is 11.4 Å². The molecule has 0 bridgehead atoms. The van der Waals surface area contributed by atoms with Gasteiger partial charge in [-0.15, -0.1) is 0 Å². The first-order valence-corrected chi connectivity index (χ1v) is 9.63. The van der Waals surface area contributed by atoms with Crippen LogP contribution >= 0.6 is 0 Å². The third-order valence-electron chi connectivity index (χ3n) is 4.51. The highest BCUT2D eigenvalue weighted by Gasteiger charge is 2.12. The van der Waals surface area contributed by atoms with E-state index in [1.807, 2.05) is 79.2 Å². The molecule has 0 aliphatic rings. The van der Waals surface area contributed by atoms with Crippen molar-refractivity contribution in [3.8, 4) is 17.5 Å². The zero-order valence-corrected chi connectivity index (χ0v) is 17.3. The van der Waals surface area contributed by atoms with E-state index in [9.17, 15) is 10.1 Å². The topological polar surface area (TPSA) is 70.3 Å². The van der Waals surface area contributed by atoms with E-state index in [1.165, 1.54) is 0 Å². The van der Waals surface area contributed by atoms with Gasteiger partial charge in [-0.25, -0.2) is 0 Å². The Labute approximate surface area is 176 Å². The summed E-state index contributed by atoms with van der Waals surface area (Å²) in [4.78, 5) is 14.6. The largest absolute Gasteiger partial charge is 0.494 e. The van der Waals surface area contributed by atoms with E-state index >= 15 is 0 Å². The highest BCUT2D eigenvalue weighted by molar-refractivity contribution is 6.09.